The molecule has 1 rings (SSSR count). The van der Waals surface area contributed by atoms with Gasteiger partial charge in [0.15, 0.2) is 0 Å². The third-order valence-corrected chi connectivity index (χ3v) is 2.33. The average Bonchev–Trinajstić information content (AvgIpc) is 2.23. The molecule has 16 heavy (non-hydrogen) atoms. The highest BCUT2D eigenvalue weighted by molar-refractivity contribution is 7.80. The van der Waals surface area contributed by atoms with E-state index in [0.29, 0.717) is 0 Å². The van der Waals surface area contributed by atoms with Gasteiger partial charge in [0.25, 0.3) is 0 Å². The first kappa shape index (κ1) is 12.5. The van der Waals surface area contributed by atoms with Crippen molar-refractivity contribution < 1.29 is 13.9 Å². The van der Waals surface area contributed by atoms with E-state index >= 15 is 0 Å². The maximum atomic E-state index is 13.5. The number of nitrogens with zero attached hydrogens (tertiary/aromatic N) is 1. The fourth-order valence-corrected chi connectivity index (χ4v) is 1.54. The molecule has 0 aliphatic heterocycles. The topological polar surface area (TPSA) is 50.1 Å². The van der Waals surface area contributed by atoms with Crippen molar-refractivity contribution in [3.05, 3.63) is 29.1 Å². The van der Waals surface area contributed by atoms with Crippen LogP contribution in [0.3, 0.4) is 0 Å². The molecule has 1 aromatic rings. The smallest absolute Gasteiger partial charge is 0.310 e. The number of esters is 1. The summed E-state index contributed by atoms with van der Waals surface area (Å²) in [5.74, 6) is -1.13. The molecule has 0 atom stereocenters. The van der Waals surface area contributed by atoms with Gasteiger partial charge in [0.2, 0.25) is 0 Å². The second-order valence-electron chi connectivity index (χ2n) is 3.05. The fraction of sp³-hybridized carbons (Fsp3) is 0.273. The zero-order valence-electron chi connectivity index (χ0n) is 8.66. The van der Waals surface area contributed by atoms with E-state index in [1.807, 2.05) is 6.07 Å². The number of rotatable bonds is 3. The van der Waals surface area contributed by atoms with Gasteiger partial charge < -0.3 is 4.74 Å². The molecule has 1 aromatic carbocycles. The molecule has 0 aliphatic rings. The van der Waals surface area contributed by atoms with Crippen molar-refractivity contribution >= 4 is 18.6 Å². The van der Waals surface area contributed by atoms with Crippen molar-refractivity contribution in [1.29, 1.82) is 5.26 Å². The van der Waals surface area contributed by atoms with E-state index < -0.39 is 11.8 Å². The number of ether oxygens (including phenoxy) is 1. The largest absolute Gasteiger partial charge is 0.466 e. The van der Waals surface area contributed by atoms with Crippen LogP contribution in [0.25, 0.3) is 0 Å². The lowest BCUT2D eigenvalue weighted by molar-refractivity contribution is -0.142. The molecular formula is C11H10FNO2S. The van der Waals surface area contributed by atoms with E-state index in [9.17, 15) is 9.18 Å². The predicted octanol–water partition coefficient (Wildman–Crippen LogP) is 2.09. The molecule has 0 amide bonds. The number of carbonyl (C=O) groups excluding carboxylic acids is 1. The molecule has 0 bridgehead atoms. The molecule has 0 fully saturated rings. The molecule has 3 nitrogen and oxygen atoms in total. The Morgan fingerprint density at radius 3 is 2.81 bits per heavy atom. The second kappa shape index (κ2) is 5.52. The lowest BCUT2D eigenvalue weighted by Crippen LogP contribution is -2.09. The molecule has 0 saturated heterocycles. The lowest BCUT2D eigenvalue weighted by atomic mass is 10.1. The van der Waals surface area contributed by atoms with E-state index in [0.717, 1.165) is 6.07 Å². The Bertz CT molecular complexity index is 431. The fourth-order valence-electron chi connectivity index (χ4n) is 1.22. The van der Waals surface area contributed by atoms with Gasteiger partial charge in [-0.3, -0.25) is 4.79 Å². The van der Waals surface area contributed by atoms with Gasteiger partial charge in [-0.25, -0.2) is 4.39 Å². The quantitative estimate of drug-likeness (QED) is 0.649. The molecule has 0 unspecified atom stereocenters. The van der Waals surface area contributed by atoms with Crippen LogP contribution in [0.15, 0.2) is 17.0 Å². The van der Waals surface area contributed by atoms with Crippen LogP contribution in [0.2, 0.25) is 0 Å². The van der Waals surface area contributed by atoms with Gasteiger partial charge in [0, 0.05) is 10.5 Å². The normalized spacial score (nSPS) is 9.62. The van der Waals surface area contributed by atoms with Crippen molar-refractivity contribution in [3.8, 4) is 6.07 Å². The molecule has 0 aliphatic carbocycles. The Morgan fingerprint density at radius 1 is 1.62 bits per heavy atom. The Balaban J connectivity index is 2.98. The van der Waals surface area contributed by atoms with E-state index in [2.05, 4.69) is 12.6 Å². The molecule has 0 radical (unpaired) electrons. The van der Waals surface area contributed by atoms with Crippen LogP contribution in [0.4, 0.5) is 4.39 Å². The van der Waals surface area contributed by atoms with Crippen LogP contribution in [-0.4, -0.2) is 12.6 Å². The third-order valence-electron chi connectivity index (χ3n) is 1.93. The number of halogens is 1. The van der Waals surface area contributed by atoms with Gasteiger partial charge >= 0.3 is 5.97 Å². The van der Waals surface area contributed by atoms with Crippen molar-refractivity contribution in [1.82, 2.24) is 0 Å². The second-order valence-corrected chi connectivity index (χ2v) is 3.53. The zero-order chi connectivity index (χ0) is 12.1. The van der Waals surface area contributed by atoms with Crippen LogP contribution < -0.4 is 0 Å². The first-order chi connectivity index (χ1) is 7.58. The van der Waals surface area contributed by atoms with Gasteiger partial charge in [0.1, 0.15) is 5.82 Å². The molecule has 84 valence electrons. The van der Waals surface area contributed by atoms with Gasteiger partial charge in [-0.2, -0.15) is 5.26 Å². The Kier molecular flexibility index (Phi) is 4.32. The zero-order valence-corrected chi connectivity index (χ0v) is 9.55. The van der Waals surface area contributed by atoms with Crippen molar-refractivity contribution in [2.24, 2.45) is 0 Å². The summed E-state index contributed by atoms with van der Waals surface area (Å²) in [6.07, 6.45) is -0.176. The van der Waals surface area contributed by atoms with Crippen LogP contribution >= 0.6 is 12.6 Å². The molecular weight excluding hydrogens is 229 g/mol. The summed E-state index contributed by atoms with van der Waals surface area (Å²) in [5.41, 5.74) is 0.330. The highest BCUT2D eigenvalue weighted by atomic mass is 32.1. The van der Waals surface area contributed by atoms with E-state index in [-0.39, 0.29) is 29.1 Å². The van der Waals surface area contributed by atoms with Crippen molar-refractivity contribution in [2.75, 3.05) is 6.61 Å². The number of hydrogen-bond acceptors (Lipinski definition) is 4. The van der Waals surface area contributed by atoms with Gasteiger partial charge in [0.05, 0.1) is 24.7 Å². The number of hydrogen-bond donors (Lipinski definition) is 1. The Hall–Kier alpha value is -1.54. The van der Waals surface area contributed by atoms with Gasteiger partial charge in [-0.15, -0.1) is 12.6 Å². The Morgan fingerprint density at radius 2 is 2.31 bits per heavy atom. The van der Waals surface area contributed by atoms with Crippen LogP contribution in [0, 0.1) is 17.1 Å². The third kappa shape index (κ3) is 2.97. The maximum absolute atomic E-state index is 13.5. The standard InChI is InChI=1S/C11H10FNO2S/c1-2-15-11(14)5-8-9(12)3-7(6-13)4-10(8)16/h3-4,16H,2,5H2,1H3. The lowest BCUT2D eigenvalue weighted by Gasteiger charge is -2.06. The molecule has 5 heteroatoms. The van der Waals surface area contributed by atoms with Gasteiger partial charge in [-0.1, -0.05) is 0 Å². The minimum Gasteiger partial charge on any atom is -0.466 e. The maximum Gasteiger partial charge on any atom is 0.310 e. The van der Waals surface area contributed by atoms with Crippen LogP contribution in [0.1, 0.15) is 18.1 Å². The summed E-state index contributed by atoms with van der Waals surface area (Å²) >= 11 is 4.04. The van der Waals surface area contributed by atoms with Crippen LogP contribution in [-0.2, 0) is 16.0 Å². The predicted molar refractivity (Wildman–Crippen MR) is 58.7 cm³/mol. The van der Waals surface area contributed by atoms with E-state index in [1.165, 1.54) is 6.07 Å². The molecule has 0 N–H and O–H groups in total. The monoisotopic (exact) mass is 239 g/mol. The number of nitriles is 1. The summed E-state index contributed by atoms with van der Waals surface area (Å²) in [5, 5.41) is 8.60. The minimum atomic E-state index is -0.614. The van der Waals surface area contributed by atoms with Gasteiger partial charge in [-0.05, 0) is 19.1 Å². The highest BCUT2D eigenvalue weighted by Gasteiger charge is 2.13. The molecule has 0 spiro atoms. The number of thiol groups is 1. The summed E-state index contributed by atoms with van der Waals surface area (Å²) in [7, 11) is 0. The summed E-state index contributed by atoms with van der Waals surface area (Å²) in [6.45, 7) is 1.92. The minimum absolute atomic E-state index is 0.154. The van der Waals surface area contributed by atoms with Crippen molar-refractivity contribution in [3.63, 3.8) is 0 Å². The molecule has 0 aromatic heterocycles. The Labute approximate surface area is 98.2 Å². The van der Waals surface area contributed by atoms with E-state index in [4.69, 9.17) is 10.00 Å². The molecule has 0 heterocycles. The summed E-state index contributed by atoms with van der Waals surface area (Å²) < 4.78 is 18.2. The molecule has 0 saturated carbocycles. The summed E-state index contributed by atoms with van der Waals surface area (Å²) in [6, 6.07) is 4.30. The highest BCUT2D eigenvalue weighted by Crippen LogP contribution is 2.20. The average molecular weight is 239 g/mol. The summed E-state index contributed by atoms with van der Waals surface area (Å²) in [4.78, 5) is 11.5. The number of carbonyl (C=O) groups is 1. The van der Waals surface area contributed by atoms with Crippen LogP contribution in [0.5, 0.6) is 0 Å². The van der Waals surface area contributed by atoms with Crippen molar-refractivity contribution in [2.45, 2.75) is 18.2 Å². The first-order valence-electron chi connectivity index (χ1n) is 4.65. The number of benzene rings is 1. The first-order valence-corrected chi connectivity index (χ1v) is 5.10. The van der Waals surface area contributed by atoms with E-state index in [1.54, 1.807) is 6.92 Å². The SMILES string of the molecule is CCOC(=O)Cc1c(F)cc(C#N)cc1S.